The molecule has 0 saturated carbocycles. The Morgan fingerprint density at radius 2 is 1.94 bits per heavy atom. The Bertz CT molecular complexity index is 351. The molecule has 0 atom stereocenters. The molecule has 0 fully saturated rings. The van der Waals surface area contributed by atoms with Gasteiger partial charge in [-0.3, -0.25) is 0 Å². The van der Waals surface area contributed by atoms with Crippen molar-refractivity contribution in [2.24, 2.45) is 0 Å². The van der Waals surface area contributed by atoms with Crippen molar-refractivity contribution >= 4 is 23.4 Å². The van der Waals surface area contributed by atoms with Crippen LogP contribution in [0.25, 0.3) is 0 Å². The normalized spacial score (nSPS) is 11.5. The highest BCUT2D eigenvalue weighted by molar-refractivity contribution is 7.99. The van der Waals surface area contributed by atoms with Crippen molar-refractivity contribution in [2.45, 2.75) is 30.8 Å². The smallest absolute Gasteiger partial charge is 0.0798 e. The Morgan fingerprint density at radius 1 is 1.38 bits per heavy atom. The summed E-state index contributed by atoms with van der Waals surface area (Å²) < 4.78 is 0. The first-order valence-corrected chi connectivity index (χ1v) is 6.55. The van der Waals surface area contributed by atoms with Gasteiger partial charge in [0.1, 0.15) is 0 Å². The van der Waals surface area contributed by atoms with E-state index in [4.69, 9.17) is 11.6 Å². The molecule has 0 aliphatic rings. The summed E-state index contributed by atoms with van der Waals surface area (Å²) >= 11 is 7.54. The summed E-state index contributed by atoms with van der Waals surface area (Å²) in [6.07, 6.45) is 0.816. The predicted octanol–water partition coefficient (Wildman–Crippen LogP) is 4.15. The van der Waals surface area contributed by atoms with E-state index in [0.717, 1.165) is 22.8 Å². The predicted molar refractivity (Wildman–Crippen MR) is 72.2 cm³/mol. The van der Waals surface area contributed by atoms with Crippen molar-refractivity contribution in [1.29, 1.82) is 0 Å². The zero-order chi connectivity index (χ0) is 12.2. The van der Waals surface area contributed by atoms with E-state index in [1.165, 1.54) is 4.90 Å². The van der Waals surface area contributed by atoms with E-state index >= 15 is 0 Å². The van der Waals surface area contributed by atoms with Crippen LogP contribution in [-0.4, -0.2) is 16.5 Å². The summed E-state index contributed by atoms with van der Waals surface area (Å²) in [5.74, 6) is 0.921. The lowest BCUT2D eigenvalue weighted by atomic mass is 9.98. The van der Waals surface area contributed by atoms with Crippen LogP contribution in [0.5, 0.6) is 0 Å². The highest BCUT2D eigenvalue weighted by Gasteiger charge is 2.16. The lowest BCUT2D eigenvalue weighted by Gasteiger charge is -2.20. The first-order chi connectivity index (χ1) is 7.39. The molecule has 0 radical (unpaired) electrons. The average Bonchev–Trinajstić information content (AvgIpc) is 2.19. The van der Waals surface area contributed by atoms with Crippen LogP contribution in [0.15, 0.2) is 41.3 Å². The van der Waals surface area contributed by atoms with Gasteiger partial charge in [-0.1, -0.05) is 18.2 Å². The number of aliphatic hydroxyl groups is 1. The van der Waals surface area contributed by atoms with E-state index in [1.54, 1.807) is 25.6 Å². The Labute approximate surface area is 107 Å². The van der Waals surface area contributed by atoms with Crippen LogP contribution in [-0.2, 0) is 0 Å². The second-order valence-electron chi connectivity index (χ2n) is 4.21. The fourth-order valence-electron chi connectivity index (χ4n) is 1.13. The number of hydrogen-bond acceptors (Lipinski definition) is 2. The molecule has 0 aliphatic carbocycles. The summed E-state index contributed by atoms with van der Waals surface area (Å²) in [6, 6.07) is 7.77. The van der Waals surface area contributed by atoms with Gasteiger partial charge in [0.2, 0.25) is 0 Å². The van der Waals surface area contributed by atoms with Gasteiger partial charge in [-0.15, -0.1) is 11.8 Å². The van der Waals surface area contributed by atoms with E-state index in [9.17, 15) is 5.11 Å². The van der Waals surface area contributed by atoms with Gasteiger partial charge in [0.25, 0.3) is 0 Å². The van der Waals surface area contributed by atoms with Crippen LogP contribution in [0.1, 0.15) is 20.3 Å². The summed E-state index contributed by atoms with van der Waals surface area (Å²) in [5, 5.41) is 10.4. The molecule has 0 aliphatic heterocycles. The third-order valence-electron chi connectivity index (χ3n) is 2.35. The average molecular weight is 257 g/mol. The Morgan fingerprint density at radius 3 is 2.44 bits per heavy atom. The molecule has 1 aromatic carbocycles. The lowest BCUT2D eigenvalue weighted by molar-refractivity contribution is 0.117. The zero-order valence-corrected chi connectivity index (χ0v) is 11.2. The van der Waals surface area contributed by atoms with Crippen molar-refractivity contribution in [2.75, 3.05) is 5.75 Å². The zero-order valence-electron chi connectivity index (χ0n) is 9.66. The molecule has 3 heteroatoms. The molecule has 1 N–H and O–H groups in total. The van der Waals surface area contributed by atoms with Gasteiger partial charge >= 0.3 is 0 Å². The highest BCUT2D eigenvalue weighted by Crippen LogP contribution is 2.24. The third-order valence-corrected chi connectivity index (χ3v) is 3.62. The van der Waals surface area contributed by atoms with E-state index in [1.807, 2.05) is 24.3 Å². The van der Waals surface area contributed by atoms with Crippen molar-refractivity contribution in [1.82, 2.24) is 0 Å². The number of thioether (sulfide) groups is 1. The quantitative estimate of drug-likeness (QED) is 0.631. The van der Waals surface area contributed by atoms with Crippen LogP contribution in [0.4, 0.5) is 0 Å². The van der Waals surface area contributed by atoms with E-state index in [-0.39, 0.29) is 0 Å². The number of rotatable bonds is 5. The van der Waals surface area contributed by atoms with Crippen molar-refractivity contribution in [3.05, 3.63) is 41.4 Å². The van der Waals surface area contributed by atoms with Crippen LogP contribution in [0, 0.1) is 0 Å². The molecule has 0 amide bonds. The Kier molecular flexibility index (Phi) is 4.90. The van der Waals surface area contributed by atoms with Crippen LogP contribution >= 0.6 is 23.4 Å². The second kappa shape index (κ2) is 5.76. The van der Waals surface area contributed by atoms with E-state index < -0.39 is 5.60 Å². The van der Waals surface area contributed by atoms with Gasteiger partial charge in [-0.25, -0.2) is 0 Å². The van der Waals surface area contributed by atoms with Gasteiger partial charge in [0.05, 0.1) is 5.60 Å². The maximum atomic E-state index is 9.69. The summed E-state index contributed by atoms with van der Waals surface area (Å²) in [4.78, 5) is 1.19. The summed E-state index contributed by atoms with van der Waals surface area (Å²) in [5.41, 5.74) is 0.0922. The SMILES string of the molecule is C=C(CCSc1ccc(Cl)cc1)C(C)(C)O. The highest BCUT2D eigenvalue weighted by atomic mass is 35.5. The molecule has 0 aromatic heterocycles. The topological polar surface area (TPSA) is 20.2 Å². The van der Waals surface area contributed by atoms with Gasteiger partial charge in [-0.05, 0) is 50.1 Å². The second-order valence-corrected chi connectivity index (χ2v) is 5.82. The van der Waals surface area contributed by atoms with Gasteiger partial charge in [-0.2, -0.15) is 0 Å². The van der Waals surface area contributed by atoms with Crippen LogP contribution < -0.4 is 0 Å². The van der Waals surface area contributed by atoms with Crippen molar-refractivity contribution in [3.8, 4) is 0 Å². The minimum atomic E-state index is -0.777. The first kappa shape index (κ1) is 13.6. The monoisotopic (exact) mass is 256 g/mol. The molecule has 0 heterocycles. The molecule has 16 heavy (non-hydrogen) atoms. The van der Waals surface area contributed by atoms with Gasteiger partial charge in [0, 0.05) is 15.7 Å². The largest absolute Gasteiger partial charge is 0.386 e. The fraction of sp³-hybridized carbons (Fsp3) is 0.385. The molecular weight excluding hydrogens is 240 g/mol. The first-order valence-electron chi connectivity index (χ1n) is 5.18. The van der Waals surface area contributed by atoms with Crippen molar-refractivity contribution < 1.29 is 5.11 Å². The number of hydrogen-bond donors (Lipinski definition) is 1. The maximum Gasteiger partial charge on any atom is 0.0798 e. The standard InChI is InChI=1S/C13H17ClOS/c1-10(13(2,3)15)8-9-16-12-6-4-11(14)5-7-12/h4-7,15H,1,8-9H2,2-3H3. The molecule has 88 valence electrons. The number of halogens is 1. The molecule has 0 saturated heterocycles. The van der Waals surface area contributed by atoms with Gasteiger partial charge in [0.15, 0.2) is 0 Å². The maximum absolute atomic E-state index is 9.69. The molecule has 1 rings (SSSR count). The van der Waals surface area contributed by atoms with E-state index in [2.05, 4.69) is 6.58 Å². The third kappa shape index (κ3) is 4.60. The lowest BCUT2D eigenvalue weighted by Crippen LogP contribution is -2.21. The molecule has 1 aromatic rings. The number of benzene rings is 1. The van der Waals surface area contributed by atoms with Crippen LogP contribution in [0.3, 0.4) is 0 Å². The molecule has 0 spiro atoms. The molecular formula is C13H17ClOS. The Balaban J connectivity index is 2.36. The minimum absolute atomic E-state index is 0.755. The van der Waals surface area contributed by atoms with Gasteiger partial charge < -0.3 is 5.11 Å². The van der Waals surface area contributed by atoms with Crippen LogP contribution in [0.2, 0.25) is 5.02 Å². The van der Waals surface area contributed by atoms with E-state index in [0.29, 0.717) is 0 Å². The van der Waals surface area contributed by atoms with Crippen molar-refractivity contribution in [3.63, 3.8) is 0 Å². The molecule has 0 unspecified atom stereocenters. The minimum Gasteiger partial charge on any atom is -0.386 e. The summed E-state index contributed by atoms with van der Waals surface area (Å²) in [6.45, 7) is 7.42. The Hall–Kier alpha value is -0.440. The summed E-state index contributed by atoms with van der Waals surface area (Å²) in [7, 11) is 0. The fourth-order valence-corrected chi connectivity index (χ4v) is 2.17. The molecule has 1 nitrogen and oxygen atoms in total. The molecule has 0 bridgehead atoms.